The number of hydrogen-bond acceptors (Lipinski definition) is 3. The highest BCUT2D eigenvalue weighted by Gasteiger charge is 2.43. The van der Waals surface area contributed by atoms with Crippen molar-refractivity contribution in [3.8, 4) is 0 Å². The van der Waals surface area contributed by atoms with E-state index in [0.717, 1.165) is 25.6 Å². The number of likely N-dealkylation sites (tertiary alicyclic amines) is 1. The Morgan fingerprint density at radius 3 is 2.26 bits per heavy atom. The molecule has 1 saturated heterocycles. The Balaban J connectivity index is 1.98. The van der Waals surface area contributed by atoms with Crippen LogP contribution in [0, 0.1) is 11.3 Å². The molecule has 1 unspecified atom stereocenters. The van der Waals surface area contributed by atoms with Crippen LogP contribution >= 0.6 is 0 Å². The molecule has 2 N–H and O–H groups in total. The summed E-state index contributed by atoms with van der Waals surface area (Å²) in [4.78, 5) is 2.63. The SMILES string of the molecule is COC1CCN(C2(CN)CCC(C(C)(C)C)CC2)C1. The number of nitrogens with two attached hydrogens (primary N) is 1. The van der Waals surface area contributed by atoms with Gasteiger partial charge in [0, 0.05) is 32.3 Å². The van der Waals surface area contributed by atoms with E-state index < -0.39 is 0 Å². The van der Waals surface area contributed by atoms with Crippen molar-refractivity contribution < 1.29 is 4.74 Å². The normalized spacial score (nSPS) is 37.7. The molecule has 0 spiro atoms. The Labute approximate surface area is 118 Å². The summed E-state index contributed by atoms with van der Waals surface area (Å²) in [5.74, 6) is 0.855. The van der Waals surface area contributed by atoms with Gasteiger partial charge in [-0.2, -0.15) is 0 Å². The zero-order valence-electron chi connectivity index (χ0n) is 13.2. The molecule has 0 aromatic rings. The van der Waals surface area contributed by atoms with Gasteiger partial charge >= 0.3 is 0 Å². The standard InChI is InChI=1S/C16H32N2O/c1-15(2,3)13-5-8-16(12-17,9-6-13)18-10-7-14(11-18)19-4/h13-14H,5-12,17H2,1-4H3. The molecule has 1 heterocycles. The molecule has 1 saturated carbocycles. The van der Waals surface area contributed by atoms with Crippen LogP contribution in [0.1, 0.15) is 52.9 Å². The summed E-state index contributed by atoms with van der Waals surface area (Å²) in [7, 11) is 1.83. The van der Waals surface area contributed by atoms with Crippen molar-refractivity contribution in [1.82, 2.24) is 4.90 Å². The fourth-order valence-electron chi connectivity index (χ4n) is 4.02. The van der Waals surface area contributed by atoms with Gasteiger partial charge in [-0.15, -0.1) is 0 Å². The summed E-state index contributed by atoms with van der Waals surface area (Å²) >= 11 is 0. The molecule has 0 aromatic heterocycles. The Bertz CT molecular complexity index is 290. The van der Waals surface area contributed by atoms with Gasteiger partial charge in [0.1, 0.15) is 0 Å². The predicted molar refractivity (Wildman–Crippen MR) is 80.2 cm³/mol. The molecule has 0 bridgehead atoms. The minimum Gasteiger partial charge on any atom is -0.380 e. The van der Waals surface area contributed by atoms with Crippen molar-refractivity contribution in [3.63, 3.8) is 0 Å². The summed E-state index contributed by atoms with van der Waals surface area (Å²) in [6.45, 7) is 10.2. The van der Waals surface area contributed by atoms with Crippen molar-refractivity contribution in [2.75, 3.05) is 26.7 Å². The molecule has 1 aliphatic heterocycles. The first-order valence-corrected chi connectivity index (χ1v) is 7.89. The average molecular weight is 268 g/mol. The van der Waals surface area contributed by atoms with Crippen LogP contribution in [0.5, 0.6) is 0 Å². The largest absolute Gasteiger partial charge is 0.380 e. The molecule has 0 amide bonds. The van der Waals surface area contributed by atoms with E-state index in [4.69, 9.17) is 10.5 Å². The third-order valence-electron chi connectivity index (χ3n) is 5.67. The number of ether oxygens (including phenoxy) is 1. The van der Waals surface area contributed by atoms with E-state index in [2.05, 4.69) is 25.7 Å². The second-order valence-corrected chi connectivity index (χ2v) is 7.66. The summed E-state index contributed by atoms with van der Waals surface area (Å²) in [6, 6.07) is 0. The third kappa shape index (κ3) is 3.14. The quantitative estimate of drug-likeness (QED) is 0.855. The number of hydrogen-bond donors (Lipinski definition) is 1. The molecule has 2 fully saturated rings. The van der Waals surface area contributed by atoms with E-state index in [1.54, 1.807) is 0 Å². The summed E-state index contributed by atoms with van der Waals surface area (Å²) in [5, 5.41) is 0. The molecule has 3 nitrogen and oxygen atoms in total. The van der Waals surface area contributed by atoms with Crippen LogP contribution in [0.25, 0.3) is 0 Å². The monoisotopic (exact) mass is 268 g/mol. The lowest BCUT2D eigenvalue weighted by atomic mass is 9.67. The van der Waals surface area contributed by atoms with Crippen molar-refractivity contribution in [2.24, 2.45) is 17.1 Å². The van der Waals surface area contributed by atoms with E-state index in [9.17, 15) is 0 Å². The van der Waals surface area contributed by atoms with Crippen LogP contribution in [0.15, 0.2) is 0 Å². The molecule has 112 valence electrons. The maximum Gasteiger partial charge on any atom is 0.0710 e. The summed E-state index contributed by atoms with van der Waals surface area (Å²) < 4.78 is 5.51. The average Bonchev–Trinajstić information content (AvgIpc) is 2.87. The Kier molecular flexibility index (Phi) is 4.59. The van der Waals surface area contributed by atoms with Gasteiger partial charge in [0.15, 0.2) is 0 Å². The number of rotatable bonds is 3. The lowest BCUT2D eigenvalue weighted by Crippen LogP contribution is -2.55. The van der Waals surface area contributed by atoms with Crippen LogP contribution in [0.4, 0.5) is 0 Å². The van der Waals surface area contributed by atoms with Crippen molar-refractivity contribution >= 4 is 0 Å². The van der Waals surface area contributed by atoms with Gasteiger partial charge in [0.05, 0.1) is 6.10 Å². The first-order valence-electron chi connectivity index (χ1n) is 7.89. The summed E-state index contributed by atoms with van der Waals surface area (Å²) in [6.07, 6.45) is 6.78. The van der Waals surface area contributed by atoms with Crippen LogP contribution in [-0.4, -0.2) is 43.3 Å². The second-order valence-electron chi connectivity index (χ2n) is 7.66. The lowest BCUT2D eigenvalue weighted by molar-refractivity contribution is 0.0226. The molecule has 3 heteroatoms. The minimum atomic E-state index is 0.259. The maximum absolute atomic E-state index is 6.18. The molecule has 0 radical (unpaired) electrons. The van der Waals surface area contributed by atoms with Crippen LogP contribution < -0.4 is 5.73 Å². The second kappa shape index (κ2) is 5.71. The molecule has 19 heavy (non-hydrogen) atoms. The van der Waals surface area contributed by atoms with Gasteiger partial charge in [0.25, 0.3) is 0 Å². The summed E-state index contributed by atoms with van der Waals surface area (Å²) in [5.41, 5.74) is 6.88. The van der Waals surface area contributed by atoms with Gasteiger partial charge in [0.2, 0.25) is 0 Å². The van der Waals surface area contributed by atoms with Gasteiger partial charge in [-0.05, 0) is 43.4 Å². The van der Waals surface area contributed by atoms with Crippen LogP contribution in [0.2, 0.25) is 0 Å². The molecule has 2 rings (SSSR count). The maximum atomic E-state index is 6.18. The van der Waals surface area contributed by atoms with E-state index in [1.165, 1.54) is 32.1 Å². The predicted octanol–water partition coefficient (Wildman–Crippen LogP) is 2.64. The van der Waals surface area contributed by atoms with E-state index in [0.29, 0.717) is 11.5 Å². The first-order chi connectivity index (χ1) is 8.91. The van der Waals surface area contributed by atoms with Crippen molar-refractivity contribution in [1.29, 1.82) is 0 Å². The number of nitrogens with zero attached hydrogens (tertiary/aromatic N) is 1. The van der Waals surface area contributed by atoms with E-state index in [-0.39, 0.29) is 5.54 Å². The highest BCUT2D eigenvalue weighted by atomic mass is 16.5. The zero-order chi connectivity index (χ0) is 14.1. The van der Waals surface area contributed by atoms with E-state index >= 15 is 0 Å². The highest BCUT2D eigenvalue weighted by molar-refractivity contribution is 5.00. The molecule has 0 aromatic carbocycles. The molecule has 1 atom stereocenters. The van der Waals surface area contributed by atoms with Gasteiger partial charge < -0.3 is 10.5 Å². The highest BCUT2D eigenvalue weighted by Crippen LogP contribution is 2.44. The van der Waals surface area contributed by atoms with Crippen LogP contribution in [-0.2, 0) is 4.74 Å². The number of methoxy groups -OCH3 is 1. The molecule has 2 aliphatic rings. The third-order valence-corrected chi connectivity index (χ3v) is 5.67. The first kappa shape index (κ1) is 15.3. The molecular formula is C16H32N2O. The van der Waals surface area contributed by atoms with Crippen molar-refractivity contribution in [2.45, 2.75) is 64.5 Å². The van der Waals surface area contributed by atoms with E-state index in [1.807, 2.05) is 7.11 Å². The molecule has 1 aliphatic carbocycles. The minimum absolute atomic E-state index is 0.259. The Hall–Kier alpha value is -0.120. The van der Waals surface area contributed by atoms with Gasteiger partial charge in [-0.1, -0.05) is 20.8 Å². The zero-order valence-corrected chi connectivity index (χ0v) is 13.2. The fourth-order valence-corrected chi connectivity index (χ4v) is 4.02. The van der Waals surface area contributed by atoms with Gasteiger partial charge in [-0.3, -0.25) is 4.90 Å². The Morgan fingerprint density at radius 1 is 1.21 bits per heavy atom. The smallest absolute Gasteiger partial charge is 0.0710 e. The van der Waals surface area contributed by atoms with Crippen LogP contribution in [0.3, 0.4) is 0 Å². The topological polar surface area (TPSA) is 38.5 Å². The van der Waals surface area contributed by atoms with Gasteiger partial charge in [-0.25, -0.2) is 0 Å². The Morgan fingerprint density at radius 2 is 1.84 bits per heavy atom. The molecular weight excluding hydrogens is 236 g/mol. The van der Waals surface area contributed by atoms with Crippen molar-refractivity contribution in [3.05, 3.63) is 0 Å². The fraction of sp³-hybridized carbons (Fsp3) is 1.00. The lowest BCUT2D eigenvalue weighted by Gasteiger charge is -2.48.